The summed E-state index contributed by atoms with van der Waals surface area (Å²) < 4.78 is 33.1. The molecule has 25 heavy (non-hydrogen) atoms. The van der Waals surface area contributed by atoms with E-state index >= 15 is 0 Å². The lowest BCUT2D eigenvalue weighted by Gasteiger charge is -2.32. The summed E-state index contributed by atoms with van der Waals surface area (Å²) >= 11 is 0. The molecule has 132 valence electrons. The first-order chi connectivity index (χ1) is 11.9. The predicted octanol–water partition coefficient (Wildman–Crippen LogP) is 2.67. The van der Waals surface area contributed by atoms with Crippen molar-refractivity contribution in [1.82, 2.24) is 4.31 Å². The van der Waals surface area contributed by atoms with Crippen LogP contribution < -0.4 is 0 Å². The number of non-ortho nitro benzene ring substituents is 1. The number of hydrogen-bond acceptors (Lipinski definition) is 5. The summed E-state index contributed by atoms with van der Waals surface area (Å²) in [7, 11) is -3.84. The number of benzene rings is 2. The molecule has 1 aliphatic heterocycles. The van der Waals surface area contributed by atoms with Gasteiger partial charge in [-0.1, -0.05) is 36.4 Å². The van der Waals surface area contributed by atoms with Crippen molar-refractivity contribution in [3.63, 3.8) is 0 Å². The third-order valence-electron chi connectivity index (χ3n) is 4.20. The van der Waals surface area contributed by atoms with E-state index in [2.05, 4.69) is 0 Å². The third kappa shape index (κ3) is 3.55. The molecule has 1 saturated heterocycles. The van der Waals surface area contributed by atoms with Crippen molar-refractivity contribution in [1.29, 1.82) is 0 Å². The SMILES string of the molecule is Cc1ccc([N+](=O)[O-])cc1S(=O)(=O)N1CCOC(c2ccccc2)C1. The van der Waals surface area contributed by atoms with Crippen LogP contribution in [0.1, 0.15) is 17.2 Å². The quantitative estimate of drug-likeness (QED) is 0.616. The van der Waals surface area contributed by atoms with Crippen LogP contribution in [-0.2, 0) is 14.8 Å². The van der Waals surface area contributed by atoms with E-state index in [1.165, 1.54) is 16.4 Å². The average Bonchev–Trinajstić information content (AvgIpc) is 2.62. The minimum atomic E-state index is -3.84. The lowest BCUT2D eigenvalue weighted by molar-refractivity contribution is -0.385. The minimum absolute atomic E-state index is 0.0320. The van der Waals surface area contributed by atoms with E-state index in [9.17, 15) is 18.5 Å². The van der Waals surface area contributed by atoms with Gasteiger partial charge in [0.05, 0.1) is 22.5 Å². The lowest BCUT2D eigenvalue weighted by atomic mass is 10.1. The number of hydrogen-bond donors (Lipinski definition) is 0. The highest BCUT2D eigenvalue weighted by Gasteiger charge is 2.33. The first kappa shape index (κ1) is 17.5. The topological polar surface area (TPSA) is 89.8 Å². The highest BCUT2D eigenvalue weighted by Crippen LogP contribution is 2.29. The summed E-state index contributed by atoms with van der Waals surface area (Å²) in [5, 5.41) is 11.0. The Kier molecular flexibility index (Phi) is 4.85. The van der Waals surface area contributed by atoms with Gasteiger partial charge in [-0.05, 0) is 18.1 Å². The fourth-order valence-corrected chi connectivity index (χ4v) is 4.50. The molecule has 3 rings (SSSR count). The lowest BCUT2D eigenvalue weighted by Crippen LogP contribution is -2.42. The van der Waals surface area contributed by atoms with E-state index in [-0.39, 0.29) is 36.4 Å². The maximum atomic E-state index is 13.0. The number of ether oxygens (including phenoxy) is 1. The number of morpholine rings is 1. The van der Waals surface area contributed by atoms with Crippen LogP contribution in [0.25, 0.3) is 0 Å². The van der Waals surface area contributed by atoms with E-state index in [0.29, 0.717) is 5.56 Å². The van der Waals surface area contributed by atoms with Gasteiger partial charge < -0.3 is 4.74 Å². The number of nitro benzene ring substituents is 1. The second-order valence-corrected chi connectivity index (χ2v) is 7.75. The van der Waals surface area contributed by atoms with Gasteiger partial charge in [-0.15, -0.1) is 0 Å². The van der Waals surface area contributed by atoms with E-state index in [1.807, 2.05) is 30.3 Å². The van der Waals surface area contributed by atoms with Gasteiger partial charge in [0, 0.05) is 25.2 Å². The van der Waals surface area contributed by atoms with Crippen LogP contribution in [0.5, 0.6) is 0 Å². The van der Waals surface area contributed by atoms with Crippen LogP contribution >= 0.6 is 0 Å². The Morgan fingerprint density at radius 1 is 1.20 bits per heavy atom. The van der Waals surface area contributed by atoms with Crippen molar-refractivity contribution in [2.45, 2.75) is 17.9 Å². The molecular weight excluding hydrogens is 344 g/mol. The van der Waals surface area contributed by atoms with Gasteiger partial charge in [-0.25, -0.2) is 8.42 Å². The molecular formula is C17H18N2O5S. The summed E-state index contributed by atoms with van der Waals surface area (Å²) in [5.74, 6) is 0. The average molecular weight is 362 g/mol. The second kappa shape index (κ2) is 6.91. The highest BCUT2D eigenvalue weighted by atomic mass is 32.2. The molecule has 1 aliphatic rings. The minimum Gasteiger partial charge on any atom is -0.371 e. The van der Waals surface area contributed by atoms with E-state index in [0.717, 1.165) is 11.6 Å². The van der Waals surface area contributed by atoms with E-state index in [1.54, 1.807) is 6.92 Å². The number of rotatable bonds is 4. The smallest absolute Gasteiger partial charge is 0.270 e. The first-order valence-corrected chi connectivity index (χ1v) is 9.25. The van der Waals surface area contributed by atoms with Crippen LogP contribution in [0.2, 0.25) is 0 Å². The monoisotopic (exact) mass is 362 g/mol. The van der Waals surface area contributed by atoms with Crippen LogP contribution in [0.3, 0.4) is 0 Å². The Balaban J connectivity index is 1.92. The maximum Gasteiger partial charge on any atom is 0.270 e. The summed E-state index contributed by atoms with van der Waals surface area (Å²) in [5.41, 5.74) is 1.14. The van der Waals surface area contributed by atoms with Crippen molar-refractivity contribution >= 4 is 15.7 Å². The zero-order valence-corrected chi connectivity index (χ0v) is 14.5. The summed E-state index contributed by atoms with van der Waals surface area (Å²) in [4.78, 5) is 10.4. The molecule has 2 aromatic carbocycles. The largest absolute Gasteiger partial charge is 0.371 e. The Labute approximate surface area is 146 Å². The Morgan fingerprint density at radius 3 is 2.60 bits per heavy atom. The molecule has 0 bridgehead atoms. The maximum absolute atomic E-state index is 13.0. The molecule has 0 saturated carbocycles. The van der Waals surface area contributed by atoms with Gasteiger partial charge in [-0.3, -0.25) is 10.1 Å². The number of aryl methyl sites for hydroxylation is 1. The predicted molar refractivity (Wildman–Crippen MR) is 91.7 cm³/mol. The van der Waals surface area contributed by atoms with Gasteiger partial charge in [0.2, 0.25) is 10.0 Å². The molecule has 0 N–H and O–H groups in total. The summed E-state index contributed by atoms with van der Waals surface area (Å²) in [6.45, 7) is 2.29. The van der Waals surface area contributed by atoms with Gasteiger partial charge in [0.15, 0.2) is 0 Å². The van der Waals surface area contributed by atoms with Crippen LogP contribution in [0.4, 0.5) is 5.69 Å². The van der Waals surface area contributed by atoms with Crippen molar-refractivity contribution < 1.29 is 18.1 Å². The summed E-state index contributed by atoms with van der Waals surface area (Å²) in [6.07, 6.45) is -0.358. The van der Waals surface area contributed by atoms with Gasteiger partial charge in [-0.2, -0.15) is 4.31 Å². The Hall–Kier alpha value is -2.29. The first-order valence-electron chi connectivity index (χ1n) is 7.81. The zero-order valence-electron chi connectivity index (χ0n) is 13.7. The van der Waals surface area contributed by atoms with Gasteiger partial charge >= 0.3 is 0 Å². The Bertz CT molecular complexity index is 883. The molecule has 0 aliphatic carbocycles. The zero-order chi connectivity index (χ0) is 18.0. The Morgan fingerprint density at radius 2 is 1.92 bits per heavy atom. The molecule has 1 unspecified atom stereocenters. The second-order valence-electron chi connectivity index (χ2n) is 5.84. The van der Waals surface area contributed by atoms with Crippen molar-refractivity contribution in [2.75, 3.05) is 19.7 Å². The molecule has 0 spiro atoms. The van der Waals surface area contributed by atoms with E-state index in [4.69, 9.17) is 4.74 Å². The molecule has 8 heteroatoms. The van der Waals surface area contributed by atoms with Gasteiger partial charge in [0.1, 0.15) is 0 Å². The van der Waals surface area contributed by atoms with Crippen LogP contribution in [-0.4, -0.2) is 37.3 Å². The third-order valence-corrected chi connectivity index (χ3v) is 6.21. The van der Waals surface area contributed by atoms with Crippen molar-refractivity contribution in [3.8, 4) is 0 Å². The molecule has 2 aromatic rings. The molecule has 1 atom stereocenters. The van der Waals surface area contributed by atoms with Gasteiger partial charge in [0.25, 0.3) is 5.69 Å². The molecule has 0 amide bonds. The van der Waals surface area contributed by atoms with Crippen LogP contribution in [0.15, 0.2) is 53.4 Å². The standard InChI is InChI=1S/C17H18N2O5S/c1-13-7-8-15(19(20)21)11-17(13)25(22,23)18-9-10-24-16(12-18)14-5-3-2-4-6-14/h2-8,11,16H,9-10,12H2,1H3. The normalized spacial score (nSPS) is 18.8. The molecule has 7 nitrogen and oxygen atoms in total. The molecule has 0 aromatic heterocycles. The van der Waals surface area contributed by atoms with Crippen molar-refractivity contribution in [3.05, 3.63) is 69.8 Å². The fraction of sp³-hybridized carbons (Fsp3) is 0.294. The molecule has 0 radical (unpaired) electrons. The van der Waals surface area contributed by atoms with Crippen molar-refractivity contribution in [2.24, 2.45) is 0 Å². The fourth-order valence-electron chi connectivity index (χ4n) is 2.83. The van der Waals surface area contributed by atoms with E-state index < -0.39 is 14.9 Å². The summed E-state index contributed by atoms with van der Waals surface area (Å²) in [6, 6.07) is 13.3. The number of nitrogens with zero attached hydrogens (tertiary/aromatic N) is 2. The highest BCUT2D eigenvalue weighted by molar-refractivity contribution is 7.89. The molecule has 1 fully saturated rings. The van der Waals surface area contributed by atoms with Crippen LogP contribution in [0, 0.1) is 17.0 Å². The number of sulfonamides is 1. The number of nitro groups is 1. The molecule has 1 heterocycles.